The summed E-state index contributed by atoms with van der Waals surface area (Å²) in [6.07, 6.45) is -0.400. The van der Waals surface area contributed by atoms with Gasteiger partial charge in [0, 0.05) is 0 Å². The third-order valence-corrected chi connectivity index (χ3v) is 1.18. The summed E-state index contributed by atoms with van der Waals surface area (Å²) in [4.78, 5) is 20.7. The zero-order valence-corrected chi connectivity index (χ0v) is 6.11. The summed E-state index contributed by atoms with van der Waals surface area (Å²) in [6, 6.07) is 0. The molecule has 64 valence electrons. The van der Waals surface area contributed by atoms with E-state index in [9.17, 15) is 9.59 Å². The summed E-state index contributed by atoms with van der Waals surface area (Å²) in [7, 11) is 1.15. The van der Waals surface area contributed by atoms with Gasteiger partial charge in [0.2, 0.25) is 0 Å². The van der Waals surface area contributed by atoms with Crippen molar-refractivity contribution in [2.24, 2.45) is 5.92 Å². The molecule has 0 fully saturated rings. The number of hydrogen-bond acceptors (Lipinski definition) is 4. The fraction of sp³-hybridized carbons (Fsp3) is 0.667. The second-order valence-corrected chi connectivity index (χ2v) is 2.00. The SMILES string of the molecule is COC(=O)C(CO)CC(=O)O. The molecule has 1 atom stereocenters. The first-order valence-electron chi connectivity index (χ1n) is 3.02. The third-order valence-electron chi connectivity index (χ3n) is 1.18. The molecule has 0 aliphatic carbocycles. The van der Waals surface area contributed by atoms with E-state index in [0.717, 1.165) is 7.11 Å². The molecular formula is C6H10O5. The number of esters is 1. The first-order chi connectivity index (χ1) is 5.11. The van der Waals surface area contributed by atoms with Crippen LogP contribution < -0.4 is 0 Å². The average Bonchev–Trinajstić information content (AvgIpc) is 1.98. The molecule has 0 aromatic rings. The van der Waals surface area contributed by atoms with Crippen molar-refractivity contribution in [3.05, 3.63) is 0 Å². The van der Waals surface area contributed by atoms with Gasteiger partial charge in [-0.05, 0) is 0 Å². The molecular weight excluding hydrogens is 152 g/mol. The number of ether oxygens (including phenoxy) is 1. The lowest BCUT2D eigenvalue weighted by Crippen LogP contribution is -2.22. The maximum Gasteiger partial charge on any atom is 0.311 e. The summed E-state index contributed by atoms with van der Waals surface area (Å²) in [6.45, 7) is -0.501. The minimum atomic E-state index is -1.13. The molecule has 0 aromatic carbocycles. The quantitative estimate of drug-likeness (QED) is 0.531. The zero-order chi connectivity index (χ0) is 8.85. The van der Waals surface area contributed by atoms with Gasteiger partial charge in [0.1, 0.15) is 0 Å². The zero-order valence-electron chi connectivity index (χ0n) is 6.11. The van der Waals surface area contributed by atoms with Crippen LogP contribution in [0.25, 0.3) is 0 Å². The molecule has 11 heavy (non-hydrogen) atoms. The molecule has 1 unspecified atom stereocenters. The molecule has 0 aromatic heterocycles. The van der Waals surface area contributed by atoms with E-state index in [4.69, 9.17) is 10.2 Å². The second kappa shape index (κ2) is 4.68. The Labute approximate surface area is 63.6 Å². The van der Waals surface area contributed by atoms with Gasteiger partial charge in [0.05, 0.1) is 26.1 Å². The Morgan fingerprint density at radius 3 is 2.36 bits per heavy atom. The molecule has 0 spiro atoms. The van der Waals surface area contributed by atoms with Crippen molar-refractivity contribution < 1.29 is 24.5 Å². The molecule has 0 amide bonds. The second-order valence-electron chi connectivity index (χ2n) is 2.00. The smallest absolute Gasteiger partial charge is 0.311 e. The van der Waals surface area contributed by atoms with E-state index in [1.54, 1.807) is 0 Å². The van der Waals surface area contributed by atoms with Crippen LogP contribution in [0.15, 0.2) is 0 Å². The van der Waals surface area contributed by atoms with E-state index in [0.29, 0.717) is 0 Å². The average molecular weight is 162 g/mol. The predicted octanol–water partition coefficient (Wildman–Crippen LogP) is -0.757. The highest BCUT2D eigenvalue weighted by Crippen LogP contribution is 2.03. The first-order valence-corrected chi connectivity index (χ1v) is 3.02. The minimum absolute atomic E-state index is 0.400. The van der Waals surface area contributed by atoms with E-state index < -0.39 is 30.9 Å². The fourth-order valence-electron chi connectivity index (χ4n) is 0.600. The molecule has 0 radical (unpaired) electrons. The lowest BCUT2D eigenvalue weighted by atomic mass is 10.1. The topological polar surface area (TPSA) is 83.8 Å². The van der Waals surface area contributed by atoms with Crippen molar-refractivity contribution in [1.82, 2.24) is 0 Å². The monoisotopic (exact) mass is 162 g/mol. The van der Waals surface area contributed by atoms with Gasteiger partial charge in [-0.25, -0.2) is 0 Å². The van der Waals surface area contributed by atoms with Crippen molar-refractivity contribution in [3.63, 3.8) is 0 Å². The number of carboxylic acid groups (broad SMARTS) is 1. The number of aliphatic hydroxyl groups excluding tert-OH is 1. The van der Waals surface area contributed by atoms with E-state index in [-0.39, 0.29) is 0 Å². The molecule has 5 heteroatoms. The number of aliphatic hydroxyl groups is 1. The number of hydrogen-bond donors (Lipinski definition) is 2. The molecule has 0 bridgehead atoms. The van der Waals surface area contributed by atoms with Gasteiger partial charge in [0.25, 0.3) is 0 Å². The molecule has 0 aliphatic heterocycles. The first kappa shape index (κ1) is 9.90. The van der Waals surface area contributed by atoms with Crippen molar-refractivity contribution >= 4 is 11.9 Å². The van der Waals surface area contributed by atoms with E-state index in [1.807, 2.05) is 0 Å². The molecule has 0 heterocycles. The highest BCUT2D eigenvalue weighted by molar-refractivity contribution is 5.79. The molecule has 0 saturated heterocycles. The van der Waals surface area contributed by atoms with Crippen LogP contribution in [0.5, 0.6) is 0 Å². The van der Waals surface area contributed by atoms with Gasteiger partial charge in [-0.3, -0.25) is 9.59 Å². The number of carbonyl (C=O) groups excluding carboxylic acids is 1. The van der Waals surface area contributed by atoms with Crippen molar-refractivity contribution in [2.75, 3.05) is 13.7 Å². The van der Waals surface area contributed by atoms with Gasteiger partial charge < -0.3 is 14.9 Å². The summed E-state index contributed by atoms with van der Waals surface area (Å²) >= 11 is 0. The lowest BCUT2D eigenvalue weighted by molar-refractivity contribution is -0.152. The van der Waals surface area contributed by atoms with Gasteiger partial charge in [-0.15, -0.1) is 0 Å². The van der Waals surface area contributed by atoms with Gasteiger partial charge in [-0.1, -0.05) is 0 Å². The number of carbonyl (C=O) groups is 2. The standard InChI is InChI=1S/C6H10O5/c1-11-6(10)4(3-7)2-5(8)9/h4,7H,2-3H2,1H3,(H,8,9). The van der Waals surface area contributed by atoms with Crippen LogP contribution in [0, 0.1) is 5.92 Å². The highest BCUT2D eigenvalue weighted by Gasteiger charge is 2.20. The van der Waals surface area contributed by atoms with Gasteiger partial charge in [-0.2, -0.15) is 0 Å². The Morgan fingerprint density at radius 1 is 1.55 bits per heavy atom. The lowest BCUT2D eigenvalue weighted by Gasteiger charge is -2.07. The van der Waals surface area contributed by atoms with Crippen molar-refractivity contribution in [1.29, 1.82) is 0 Å². The van der Waals surface area contributed by atoms with Crippen LogP contribution in [-0.2, 0) is 14.3 Å². The fourth-order valence-corrected chi connectivity index (χ4v) is 0.600. The van der Waals surface area contributed by atoms with E-state index in [2.05, 4.69) is 4.74 Å². The summed E-state index contributed by atoms with van der Waals surface area (Å²) in [5, 5.41) is 16.8. The summed E-state index contributed by atoms with van der Waals surface area (Å²) in [5.74, 6) is -2.78. The Kier molecular flexibility index (Phi) is 4.21. The summed E-state index contributed by atoms with van der Waals surface area (Å²) in [5.41, 5.74) is 0. The highest BCUT2D eigenvalue weighted by atomic mass is 16.5. The predicted molar refractivity (Wildman–Crippen MR) is 34.8 cm³/mol. The van der Waals surface area contributed by atoms with Crippen LogP contribution in [0.4, 0.5) is 0 Å². The van der Waals surface area contributed by atoms with Crippen LogP contribution in [0.1, 0.15) is 6.42 Å². The van der Waals surface area contributed by atoms with Crippen LogP contribution in [0.3, 0.4) is 0 Å². The Balaban J connectivity index is 3.94. The number of methoxy groups -OCH3 is 1. The van der Waals surface area contributed by atoms with Crippen LogP contribution in [0.2, 0.25) is 0 Å². The van der Waals surface area contributed by atoms with E-state index in [1.165, 1.54) is 0 Å². The number of carboxylic acids is 1. The molecule has 2 N–H and O–H groups in total. The maximum atomic E-state index is 10.6. The van der Waals surface area contributed by atoms with E-state index >= 15 is 0 Å². The van der Waals surface area contributed by atoms with Crippen molar-refractivity contribution in [3.8, 4) is 0 Å². The molecule has 0 saturated carbocycles. The molecule has 0 aliphatic rings. The van der Waals surface area contributed by atoms with Crippen LogP contribution >= 0.6 is 0 Å². The summed E-state index contributed by atoms with van der Waals surface area (Å²) < 4.78 is 4.24. The maximum absolute atomic E-state index is 10.6. The van der Waals surface area contributed by atoms with Gasteiger partial charge in [0.15, 0.2) is 0 Å². The number of rotatable bonds is 4. The molecule has 5 nitrogen and oxygen atoms in total. The Morgan fingerprint density at radius 2 is 2.09 bits per heavy atom. The Bertz CT molecular complexity index is 153. The normalized spacial score (nSPS) is 12.2. The minimum Gasteiger partial charge on any atom is -0.481 e. The third kappa shape index (κ3) is 3.57. The van der Waals surface area contributed by atoms with Crippen molar-refractivity contribution in [2.45, 2.75) is 6.42 Å². The molecule has 0 rings (SSSR count). The van der Waals surface area contributed by atoms with Gasteiger partial charge >= 0.3 is 11.9 Å². The van der Waals surface area contributed by atoms with Crippen LogP contribution in [-0.4, -0.2) is 35.9 Å². The number of aliphatic carboxylic acids is 1. The Hall–Kier alpha value is -1.10. The largest absolute Gasteiger partial charge is 0.481 e.